The molecule has 2 aliphatic rings. The summed E-state index contributed by atoms with van der Waals surface area (Å²) in [6.07, 6.45) is 3.13. The number of carbonyl (C=O) groups excluding carboxylic acids is 2. The number of ether oxygens (including phenoxy) is 2. The van der Waals surface area contributed by atoms with E-state index in [0.717, 1.165) is 24.5 Å². The van der Waals surface area contributed by atoms with Crippen LogP contribution < -0.4 is 20.5 Å². The van der Waals surface area contributed by atoms with Crippen molar-refractivity contribution >= 4 is 32.6 Å². The van der Waals surface area contributed by atoms with Crippen LogP contribution >= 0.6 is 0 Å². The molecular formula is C36H33F2N5O7S. The number of nitrogens with two attached hydrogens (primary N) is 1. The number of benzene rings is 3. The first-order valence-corrected chi connectivity index (χ1v) is 17.8. The topological polar surface area (TPSA) is 176 Å². The Morgan fingerprint density at radius 2 is 1.86 bits per heavy atom. The molecule has 0 spiro atoms. The Morgan fingerprint density at radius 3 is 2.51 bits per heavy atom. The number of alkyl halides is 1. The van der Waals surface area contributed by atoms with E-state index < -0.39 is 50.8 Å². The van der Waals surface area contributed by atoms with Gasteiger partial charge in [-0.1, -0.05) is 30.3 Å². The number of methoxy groups -OCH3 is 1. The standard InChI is InChI=1S/C36H33F2N5O7S/c1-34(33(39)45)19-50-31-25(34)16-28(41-30(31)24-15-23(51(3,47)48)9-10-26(24)37)36(46,22-7-5-4-6-8-22)18-40-32(44)20-13-21-17-43(35(38)11-12-35)42-29(21)27(14-20)49-2/h4-10,13-17,46H,11-12,18-19H2,1-3H3,(H2,39,45)(H,40,44)/t34-,36+/m0/s1. The van der Waals surface area contributed by atoms with E-state index in [1.807, 2.05) is 0 Å². The van der Waals surface area contributed by atoms with E-state index in [0.29, 0.717) is 23.7 Å². The number of aliphatic hydroxyl groups is 1. The minimum atomic E-state index is -3.79. The van der Waals surface area contributed by atoms with Gasteiger partial charge in [0.05, 0.1) is 24.2 Å². The van der Waals surface area contributed by atoms with Crippen LogP contribution in [0.1, 0.15) is 46.9 Å². The number of rotatable bonds is 10. The minimum Gasteiger partial charge on any atom is -0.494 e. The molecule has 12 nitrogen and oxygen atoms in total. The molecular weight excluding hydrogens is 684 g/mol. The Hall–Kier alpha value is -5.41. The fraction of sp³-hybridized carbons (Fsp3) is 0.278. The summed E-state index contributed by atoms with van der Waals surface area (Å²) in [7, 11) is -2.38. The zero-order valence-electron chi connectivity index (χ0n) is 27.7. The van der Waals surface area contributed by atoms with Gasteiger partial charge in [0.25, 0.3) is 5.91 Å². The van der Waals surface area contributed by atoms with E-state index in [9.17, 15) is 27.5 Å². The van der Waals surface area contributed by atoms with Crippen LogP contribution in [0.2, 0.25) is 0 Å². The summed E-state index contributed by atoms with van der Waals surface area (Å²) < 4.78 is 67.8. The highest BCUT2D eigenvalue weighted by atomic mass is 32.2. The van der Waals surface area contributed by atoms with Crippen molar-refractivity contribution in [3.05, 3.63) is 101 Å². The summed E-state index contributed by atoms with van der Waals surface area (Å²) in [6.45, 7) is 0.823. The Labute approximate surface area is 291 Å². The molecule has 0 unspecified atom stereocenters. The molecule has 1 fully saturated rings. The van der Waals surface area contributed by atoms with Gasteiger partial charge in [0, 0.05) is 47.4 Å². The lowest BCUT2D eigenvalue weighted by atomic mass is 9.80. The second-order valence-electron chi connectivity index (χ2n) is 13.1. The van der Waals surface area contributed by atoms with Crippen molar-refractivity contribution in [3.8, 4) is 22.8 Å². The molecule has 1 aliphatic carbocycles. The first-order chi connectivity index (χ1) is 24.1. The lowest BCUT2D eigenvalue weighted by Crippen LogP contribution is -2.43. The minimum absolute atomic E-state index is 0.00810. The number of carbonyl (C=O) groups is 2. The molecule has 0 saturated heterocycles. The van der Waals surface area contributed by atoms with Crippen molar-refractivity contribution in [2.75, 3.05) is 26.5 Å². The fourth-order valence-electron chi connectivity index (χ4n) is 6.19. The molecule has 4 N–H and O–H groups in total. The van der Waals surface area contributed by atoms with E-state index in [4.69, 9.17) is 15.2 Å². The van der Waals surface area contributed by atoms with Gasteiger partial charge in [0.1, 0.15) is 46.1 Å². The second-order valence-corrected chi connectivity index (χ2v) is 15.2. The molecule has 15 heteroatoms. The summed E-state index contributed by atoms with van der Waals surface area (Å²) in [6, 6.07) is 15.8. The van der Waals surface area contributed by atoms with Crippen LogP contribution in [0.15, 0.2) is 77.8 Å². The van der Waals surface area contributed by atoms with Crippen LogP contribution in [0.5, 0.6) is 11.5 Å². The number of hydrogen-bond donors (Lipinski definition) is 3. The van der Waals surface area contributed by atoms with Crippen molar-refractivity contribution in [2.45, 2.75) is 41.5 Å². The van der Waals surface area contributed by atoms with Gasteiger partial charge in [-0.25, -0.2) is 26.9 Å². The highest BCUT2D eigenvalue weighted by Crippen LogP contribution is 2.47. The number of amides is 2. The Morgan fingerprint density at radius 1 is 1.14 bits per heavy atom. The van der Waals surface area contributed by atoms with Gasteiger partial charge in [-0.15, -0.1) is 0 Å². The van der Waals surface area contributed by atoms with Crippen LogP contribution in [0.25, 0.3) is 22.2 Å². The summed E-state index contributed by atoms with van der Waals surface area (Å²) >= 11 is 0. The van der Waals surface area contributed by atoms with E-state index in [-0.39, 0.29) is 56.6 Å². The van der Waals surface area contributed by atoms with Gasteiger partial charge in [-0.3, -0.25) is 9.59 Å². The summed E-state index contributed by atoms with van der Waals surface area (Å²) in [5, 5.41) is 20.1. The van der Waals surface area contributed by atoms with E-state index in [1.165, 1.54) is 43.1 Å². The molecule has 5 aromatic rings. The van der Waals surface area contributed by atoms with Gasteiger partial charge >= 0.3 is 0 Å². The molecule has 7 rings (SSSR count). The van der Waals surface area contributed by atoms with E-state index in [1.54, 1.807) is 30.3 Å². The molecule has 0 radical (unpaired) electrons. The van der Waals surface area contributed by atoms with E-state index in [2.05, 4.69) is 15.4 Å². The zero-order valence-corrected chi connectivity index (χ0v) is 28.6. The smallest absolute Gasteiger partial charge is 0.251 e. The predicted octanol–water partition coefficient (Wildman–Crippen LogP) is 3.87. The van der Waals surface area contributed by atoms with Crippen LogP contribution in [-0.2, 0) is 31.4 Å². The Kier molecular flexibility index (Phi) is 7.91. The van der Waals surface area contributed by atoms with Crippen LogP contribution in [0.3, 0.4) is 0 Å². The normalized spacial score (nSPS) is 18.8. The van der Waals surface area contributed by atoms with Crippen molar-refractivity contribution in [2.24, 2.45) is 5.73 Å². The number of hydrogen-bond acceptors (Lipinski definition) is 9. The fourth-order valence-corrected chi connectivity index (χ4v) is 6.84. The highest BCUT2D eigenvalue weighted by Gasteiger charge is 2.47. The maximum atomic E-state index is 15.6. The Bertz CT molecular complexity index is 2360. The van der Waals surface area contributed by atoms with Crippen molar-refractivity contribution in [1.29, 1.82) is 0 Å². The molecule has 264 valence electrons. The monoisotopic (exact) mass is 717 g/mol. The zero-order chi connectivity index (χ0) is 36.5. The number of aromatic nitrogens is 3. The second kappa shape index (κ2) is 11.8. The highest BCUT2D eigenvalue weighted by molar-refractivity contribution is 7.90. The number of primary amides is 1. The SMILES string of the molecule is COc1cc(C(=O)NC[C@@](O)(c2ccccc2)c2cc3c(c(-c4cc(S(C)(=O)=O)ccc4F)n2)OC[C@]3(C)C(N)=O)cc2cn(C3(F)CC3)nc12. The average Bonchev–Trinajstić information content (AvgIpc) is 3.54. The first kappa shape index (κ1) is 34.1. The number of nitrogens with zero attached hydrogens (tertiary/aromatic N) is 3. The quantitative estimate of drug-likeness (QED) is 0.181. The molecule has 3 heterocycles. The largest absolute Gasteiger partial charge is 0.494 e. The summed E-state index contributed by atoms with van der Waals surface area (Å²) in [5.74, 6) is -3.57. The van der Waals surface area contributed by atoms with Crippen molar-refractivity contribution in [3.63, 3.8) is 0 Å². The molecule has 2 aromatic heterocycles. The van der Waals surface area contributed by atoms with Crippen LogP contribution in [-0.4, -0.2) is 66.6 Å². The third kappa shape index (κ3) is 5.75. The van der Waals surface area contributed by atoms with Gasteiger partial charge in [0.2, 0.25) is 11.7 Å². The van der Waals surface area contributed by atoms with Crippen LogP contribution in [0, 0.1) is 5.82 Å². The van der Waals surface area contributed by atoms with Crippen molar-refractivity contribution in [1.82, 2.24) is 20.1 Å². The van der Waals surface area contributed by atoms with Crippen molar-refractivity contribution < 1.29 is 41.4 Å². The molecule has 2 amide bonds. The number of nitrogens with one attached hydrogen (secondary N) is 1. The summed E-state index contributed by atoms with van der Waals surface area (Å²) in [4.78, 5) is 31.0. The summed E-state index contributed by atoms with van der Waals surface area (Å²) in [5.41, 5.74) is 2.70. The van der Waals surface area contributed by atoms with Gasteiger partial charge in [-0.05, 0) is 48.9 Å². The molecule has 3 aromatic carbocycles. The third-order valence-corrected chi connectivity index (χ3v) is 10.7. The van der Waals surface area contributed by atoms with E-state index >= 15 is 4.39 Å². The molecule has 51 heavy (non-hydrogen) atoms. The number of fused-ring (bicyclic) bond motifs is 2. The van der Waals surface area contributed by atoms with Crippen LogP contribution in [0.4, 0.5) is 8.78 Å². The molecule has 0 bridgehead atoms. The molecule has 1 aliphatic heterocycles. The Balaban J connectivity index is 1.35. The maximum Gasteiger partial charge on any atom is 0.251 e. The number of sulfone groups is 1. The first-order valence-electron chi connectivity index (χ1n) is 15.9. The predicted molar refractivity (Wildman–Crippen MR) is 181 cm³/mol. The van der Waals surface area contributed by atoms with Gasteiger partial charge in [0.15, 0.2) is 9.84 Å². The molecule has 2 atom stereocenters. The third-order valence-electron chi connectivity index (χ3n) is 9.55. The maximum absolute atomic E-state index is 15.6. The van der Waals surface area contributed by atoms with Gasteiger partial charge < -0.3 is 25.6 Å². The lowest BCUT2D eigenvalue weighted by molar-refractivity contribution is -0.123. The lowest BCUT2D eigenvalue weighted by Gasteiger charge is -2.30. The number of pyridine rings is 1. The average molecular weight is 718 g/mol. The number of halogens is 2. The van der Waals surface area contributed by atoms with Gasteiger partial charge in [-0.2, -0.15) is 5.10 Å². The molecule has 1 saturated carbocycles.